The normalized spacial score (nSPS) is 20.9. The highest BCUT2D eigenvalue weighted by atomic mass is 127. The maximum absolute atomic E-state index is 12.8. The third kappa shape index (κ3) is 2.57. The third-order valence-corrected chi connectivity index (χ3v) is 4.55. The fourth-order valence-electron chi connectivity index (χ4n) is 1.66. The molecule has 0 radical (unpaired) electrons. The van der Waals surface area contributed by atoms with Gasteiger partial charge in [0.15, 0.2) is 0 Å². The molecule has 1 saturated heterocycles. The summed E-state index contributed by atoms with van der Waals surface area (Å²) in [5.41, 5.74) is 0.518. The summed E-state index contributed by atoms with van der Waals surface area (Å²) in [6.45, 7) is -0.153. The molecule has 1 aromatic rings. The van der Waals surface area contributed by atoms with Crippen molar-refractivity contribution in [1.82, 2.24) is 4.98 Å². The minimum atomic E-state index is -4.67. The summed E-state index contributed by atoms with van der Waals surface area (Å²) in [4.78, 5) is 16.8. The fourth-order valence-corrected chi connectivity index (χ4v) is 2.92. The molecule has 0 aromatic carbocycles. The average molecular weight is 370 g/mol. The predicted octanol–water partition coefficient (Wildman–Crippen LogP) is 1.09. The molecule has 1 aliphatic rings. The smallest absolute Gasteiger partial charge is 0.307 e. The Morgan fingerprint density at radius 3 is 2.76 bits per heavy atom. The molecule has 0 bridgehead atoms. The molecule has 1 fully saturated rings. The number of hydrogen-bond donors (Lipinski definition) is 0. The first-order valence-corrected chi connectivity index (χ1v) is 7.25. The van der Waals surface area contributed by atoms with E-state index in [1.807, 2.05) is 22.6 Å². The zero-order chi connectivity index (χ0) is 12.6. The number of aromatic nitrogens is 1. The van der Waals surface area contributed by atoms with Gasteiger partial charge in [0, 0.05) is 22.7 Å². The van der Waals surface area contributed by atoms with Gasteiger partial charge in [0.2, 0.25) is 5.91 Å². The van der Waals surface area contributed by atoms with Gasteiger partial charge in [-0.3, -0.25) is 9.78 Å². The van der Waals surface area contributed by atoms with Gasteiger partial charge >= 0.3 is 10.2 Å². The van der Waals surface area contributed by atoms with Gasteiger partial charge < -0.3 is 4.90 Å². The molecule has 2 heterocycles. The highest BCUT2D eigenvalue weighted by Gasteiger charge is 2.39. The molecular weight excluding hydrogens is 362 g/mol. The second kappa shape index (κ2) is 4.48. The van der Waals surface area contributed by atoms with Crippen LogP contribution in [0.1, 0.15) is 6.42 Å². The Hall–Kier alpha value is -0.770. The Bertz CT molecular complexity index is 563. The summed E-state index contributed by atoms with van der Waals surface area (Å²) in [6.07, 6.45) is 2.71. The molecule has 1 aliphatic heterocycles. The van der Waals surface area contributed by atoms with Crippen molar-refractivity contribution in [3.63, 3.8) is 0 Å². The van der Waals surface area contributed by atoms with E-state index in [1.165, 1.54) is 11.1 Å². The highest BCUT2D eigenvalue weighted by molar-refractivity contribution is 14.1. The fraction of sp³-hybridized carbons (Fsp3) is 0.333. The Morgan fingerprint density at radius 1 is 1.53 bits per heavy atom. The minimum absolute atomic E-state index is 0.153. The molecule has 0 saturated carbocycles. The summed E-state index contributed by atoms with van der Waals surface area (Å²) < 4.78 is 35.2. The van der Waals surface area contributed by atoms with E-state index in [-0.39, 0.29) is 13.0 Å². The van der Waals surface area contributed by atoms with Crippen LogP contribution in [0, 0.1) is 3.57 Å². The second-order valence-electron chi connectivity index (χ2n) is 3.63. The Morgan fingerprint density at radius 2 is 2.24 bits per heavy atom. The van der Waals surface area contributed by atoms with Crippen LogP contribution in [-0.2, 0) is 15.0 Å². The molecule has 92 valence electrons. The third-order valence-electron chi connectivity index (χ3n) is 2.53. The zero-order valence-electron chi connectivity index (χ0n) is 8.51. The van der Waals surface area contributed by atoms with E-state index < -0.39 is 21.4 Å². The summed E-state index contributed by atoms with van der Waals surface area (Å²) in [7, 11) is -4.67. The molecule has 1 unspecified atom stereocenters. The van der Waals surface area contributed by atoms with Crippen molar-refractivity contribution in [1.29, 1.82) is 0 Å². The van der Waals surface area contributed by atoms with E-state index in [0.717, 1.165) is 3.57 Å². The topological polar surface area (TPSA) is 67.3 Å². The van der Waals surface area contributed by atoms with Crippen molar-refractivity contribution in [2.45, 2.75) is 11.7 Å². The Labute approximate surface area is 111 Å². The average Bonchev–Trinajstić information content (AvgIpc) is 2.61. The van der Waals surface area contributed by atoms with Gasteiger partial charge in [-0.2, -0.15) is 8.42 Å². The molecule has 1 amide bonds. The van der Waals surface area contributed by atoms with Crippen LogP contribution < -0.4 is 4.90 Å². The van der Waals surface area contributed by atoms with Crippen LogP contribution in [0.15, 0.2) is 18.5 Å². The minimum Gasteiger partial charge on any atom is -0.308 e. The van der Waals surface area contributed by atoms with Crippen LogP contribution >= 0.6 is 22.6 Å². The molecule has 2 rings (SSSR count). The van der Waals surface area contributed by atoms with Gasteiger partial charge in [0.05, 0.1) is 11.9 Å². The van der Waals surface area contributed by atoms with Crippen molar-refractivity contribution in [2.75, 3.05) is 11.4 Å². The van der Waals surface area contributed by atoms with Crippen LogP contribution in [0.5, 0.6) is 0 Å². The summed E-state index contributed by atoms with van der Waals surface area (Å²) in [6, 6.07) is 1.69. The molecule has 8 heteroatoms. The maximum Gasteiger partial charge on any atom is 0.307 e. The van der Waals surface area contributed by atoms with Gasteiger partial charge in [-0.05, 0) is 28.7 Å². The van der Waals surface area contributed by atoms with E-state index in [9.17, 15) is 17.1 Å². The molecule has 0 spiro atoms. The largest absolute Gasteiger partial charge is 0.308 e. The van der Waals surface area contributed by atoms with Crippen molar-refractivity contribution in [3.8, 4) is 0 Å². The van der Waals surface area contributed by atoms with E-state index in [4.69, 9.17) is 0 Å². The number of carbonyl (C=O) groups excluding carboxylic acids is 1. The number of pyridine rings is 1. The highest BCUT2D eigenvalue weighted by Crippen LogP contribution is 2.28. The number of rotatable bonds is 2. The van der Waals surface area contributed by atoms with Crippen LogP contribution in [0.25, 0.3) is 0 Å². The van der Waals surface area contributed by atoms with Crippen molar-refractivity contribution in [3.05, 3.63) is 22.0 Å². The monoisotopic (exact) mass is 370 g/mol. The van der Waals surface area contributed by atoms with E-state index in [0.29, 0.717) is 5.69 Å². The maximum atomic E-state index is 12.8. The predicted molar refractivity (Wildman–Crippen MR) is 67.7 cm³/mol. The molecule has 0 N–H and O–H groups in total. The number of amides is 1. The van der Waals surface area contributed by atoms with Crippen LogP contribution in [0.4, 0.5) is 9.57 Å². The molecule has 0 aliphatic carbocycles. The lowest BCUT2D eigenvalue weighted by molar-refractivity contribution is -0.117. The van der Waals surface area contributed by atoms with Crippen LogP contribution in [-0.4, -0.2) is 31.1 Å². The van der Waals surface area contributed by atoms with Gasteiger partial charge in [0.1, 0.15) is 5.25 Å². The van der Waals surface area contributed by atoms with Crippen molar-refractivity contribution < 1.29 is 17.1 Å². The van der Waals surface area contributed by atoms with E-state index in [2.05, 4.69) is 4.98 Å². The zero-order valence-corrected chi connectivity index (χ0v) is 11.5. The first-order valence-electron chi connectivity index (χ1n) is 4.73. The quantitative estimate of drug-likeness (QED) is 0.578. The van der Waals surface area contributed by atoms with Gasteiger partial charge in [-0.1, -0.05) is 0 Å². The lowest BCUT2D eigenvalue weighted by Crippen LogP contribution is -2.27. The number of hydrogen-bond acceptors (Lipinski definition) is 4. The number of halogens is 2. The van der Waals surface area contributed by atoms with Gasteiger partial charge in [-0.25, -0.2) is 0 Å². The lowest BCUT2D eigenvalue weighted by atomic mass is 10.4. The SMILES string of the molecule is O=C1CC(S(=O)(=O)F)CN1c1cnccc1I. The van der Waals surface area contributed by atoms with Crippen molar-refractivity contribution in [2.24, 2.45) is 0 Å². The summed E-state index contributed by atoms with van der Waals surface area (Å²) in [5.74, 6) is -0.401. The van der Waals surface area contributed by atoms with Crippen molar-refractivity contribution >= 4 is 44.4 Å². The first-order chi connectivity index (χ1) is 7.89. The molecule has 1 atom stereocenters. The number of carbonyl (C=O) groups is 1. The molecule has 17 heavy (non-hydrogen) atoms. The lowest BCUT2D eigenvalue weighted by Gasteiger charge is -2.16. The second-order valence-corrected chi connectivity index (χ2v) is 6.41. The summed E-state index contributed by atoms with van der Waals surface area (Å²) in [5, 5.41) is -1.27. The summed E-state index contributed by atoms with van der Waals surface area (Å²) >= 11 is 2.01. The standard InChI is InChI=1S/C9H8FIN2O3S/c10-17(15,16)6-3-9(14)13(5-6)8-4-12-2-1-7(8)11/h1-2,4,6H,3,5H2. The first kappa shape index (κ1) is 12.7. The number of anilines is 1. The van der Waals surface area contributed by atoms with E-state index >= 15 is 0 Å². The van der Waals surface area contributed by atoms with Gasteiger partial charge in [0.25, 0.3) is 0 Å². The van der Waals surface area contributed by atoms with Crippen LogP contribution in [0.2, 0.25) is 0 Å². The van der Waals surface area contributed by atoms with Crippen LogP contribution in [0.3, 0.4) is 0 Å². The Balaban J connectivity index is 2.31. The molecular formula is C9H8FIN2O3S. The Kier molecular flexibility index (Phi) is 3.34. The number of nitrogens with zero attached hydrogens (tertiary/aromatic N) is 2. The molecule has 5 nitrogen and oxygen atoms in total. The van der Waals surface area contributed by atoms with Gasteiger partial charge in [-0.15, -0.1) is 3.89 Å². The molecule has 1 aromatic heterocycles. The van der Waals surface area contributed by atoms with E-state index in [1.54, 1.807) is 12.3 Å².